The van der Waals surface area contributed by atoms with Crippen molar-refractivity contribution in [3.8, 4) is 11.4 Å². The van der Waals surface area contributed by atoms with Crippen LogP contribution in [0.5, 0.6) is 5.75 Å². The number of rotatable bonds is 8. The SMILES string of the molecule is Cc1nn(-c2ccccc2)c(Cl)c1C(=O)OCC(=O)NCCOc1ccccc1. The van der Waals surface area contributed by atoms with E-state index in [2.05, 4.69) is 10.4 Å². The van der Waals surface area contributed by atoms with E-state index in [4.69, 9.17) is 21.1 Å². The molecule has 0 aliphatic heterocycles. The van der Waals surface area contributed by atoms with Crippen LogP contribution in [0.3, 0.4) is 0 Å². The van der Waals surface area contributed by atoms with Gasteiger partial charge in [-0.05, 0) is 31.2 Å². The molecule has 1 heterocycles. The first-order valence-electron chi connectivity index (χ1n) is 8.98. The van der Waals surface area contributed by atoms with E-state index in [0.717, 1.165) is 5.69 Å². The summed E-state index contributed by atoms with van der Waals surface area (Å²) in [4.78, 5) is 24.3. The largest absolute Gasteiger partial charge is 0.492 e. The van der Waals surface area contributed by atoms with Crippen molar-refractivity contribution in [1.29, 1.82) is 0 Å². The zero-order chi connectivity index (χ0) is 20.6. The molecule has 0 spiro atoms. The number of nitrogens with one attached hydrogen (secondary N) is 1. The zero-order valence-electron chi connectivity index (χ0n) is 15.8. The fourth-order valence-corrected chi connectivity index (χ4v) is 2.95. The molecule has 0 radical (unpaired) electrons. The summed E-state index contributed by atoms with van der Waals surface area (Å²) in [5.74, 6) is -0.418. The monoisotopic (exact) mass is 413 g/mol. The van der Waals surface area contributed by atoms with Crippen molar-refractivity contribution >= 4 is 23.5 Å². The number of nitrogens with zero attached hydrogens (tertiary/aromatic N) is 2. The summed E-state index contributed by atoms with van der Waals surface area (Å²) in [7, 11) is 0. The normalized spacial score (nSPS) is 10.4. The van der Waals surface area contributed by atoms with Gasteiger partial charge in [-0.3, -0.25) is 4.79 Å². The van der Waals surface area contributed by atoms with Gasteiger partial charge in [0.05, 0.1) is 17.9 Å². The van der Waals surface area contributed by atoms with Crippen LogP contribution in [0, 0.1) is 6.92 Å². The van der Waals surface area contributed by atoms with E-state index < -0.39 is 18.5 Å². The lowest BCUT2D eigenvalue weighted by atomic mass is 10.2. The maximum Gasteiger partial charge on any atom is 0.343 e. The molecule has 3 rings (SSSR count). The Balaban J connectivity index is 1.49. The number of hydrogen-bond donors (Lipinski definition) is 1. The smallest absolute Gasteiger partial charge is 0.343 e. The fourth-order valence-electron chi connectivity index (χ4n) is 2.60. The van der Waals surface area contributed by atoms with Crippen molar-refractivity contribution in [3.63, 3.8) is 0 Å². The fraction of sp³-hybridized carbons (Fsp3) is 0.190. The molecule has 0 aliphatic carbocycles. The highest BCUT2D eigenvalue weighted by Gasteiger charge is 2.23. The van der Waals surface area contributed by atoms with E-state index in [9.17, 15) is 9.59 Å². The third-order valence-electron chi connectivity index (χ3n) is 3.98. The standard InChI is InChI=1S/C21H20ClN3O4/c1-15-19(20(22)25(24-15)16-8-4-2-5-9-16)21(27)29-14-18(26)23-12-13-28-17-10-6-3-7-11-17/h2-11H,12-14H2,1H3,(H,23,26). The van der Waals surface area contributed by atoms with Crippen LogP contribution in [-0.2, 0) is 9.53 Å². The molecule has 3 aromatic rings. The summed E-state index contributed by atoms with van der Waals surface area (Å²) in [6, 6.07) is 18.4. The molecular weight excluding hydrogens is 394 g/mol. The molecule has 2 aromatic carbocycles. The van der Waals surface area contributed by atoms with Gasteiger partial charge in [0.1, 0.15) is 23.1 Å². The van der Waals surface area contributed by atoms with Gasteiger partial charge in [-0.1, -0.05) is 48.0 Å². The molecule has 0 saturated heterocycles. The average Bonchev–Trinajstić information content (AvgIpc) is 3.05. The van der Waals surface area contributed by atoms with E-state index in [0.29, 0.717) is 18.1 Å². The predicted molar refractivity (Wildman–Crippen MR) is 109 cm³/mol. The van der Waals surface area contributed by atoms with Crippen LogP contribution < -0.4 is 10.1 Å². The number of aromatic nitrogens is 2. The molecule has 0 atom stereocenters. The minimum absolute atomic E-state index is 0.135. The maximum absolute atomic E-state index is 12.4. The van der Waals surface area contributed by atoms with Crippen molar-refractivity contribution in [2.24, 2.45) is 0 Å². The van der Waals surface area contributed by atoms with Crippen LogP contribution in [0.25, 0.3) is 5.69 Å². The van der Waals surface area contributed by atoms with E-state index in [1.807, 2.05) is 60.7 Å². The average molecular weight is 414 g/mol. The number of carbonyl (C=O) groups excluding carboxylic acids is 2. The van der Waals surface area contributed by atoms with E-state index in [1.54, 1.807) is 6.92 Å². The van der Waals surface area contributed by atoms with Crippen LogP contribution in [0.4, 0.5) is 0 Å². The molecule has 0 unspecified atom stereocenters. The highest BCUT2D eigenvalue weighted by molar-refractivity contribution is 6.33. The van der Waals surface area contributed by atoms with Gasteiger partial charge in [0.2, 0.25) is 0 Å². The molecule has 0 fully saturated rings. The van der Waals surface area contributed by atoms with Crippen LogP contribution in [-0.4, -0.2) is 41.4 Å². The Morgan fingerprint density at radius 3 is 2.41 bits per heavy atom. The van der Waals surface area contributed by atoms with Gasteiger partial charge in [-0.25, -0.2) is 9.48 Å². The number of benzene rings is 2. The quantitative estimate of drug-likeness (QED) is 0.453. The Labute approximate surface area is 173 Å². The first kappa shape index (κ1) is 20.4. The van der Waals surface area contributed by atoms with Gasteiger partial charge in [0.15, 0.2) is 6.61 Å². The van der Waals surface area contributed by atoms with Crippen LogP contribution in [0.15, 0.2) is 60.7 Å². The van der Waals surface area contributed by atoms with Crippen LogP contribution in [0.2, 0.25) is 5.15 Å². The molecule has 7 nitrogen and oxygen atoms in total. The second-order valence-electron chi connectivity index (χ2n) is 6.09. The second kappa shape index (κ2) is 9.75. The van der Waals surface area contributed by atoms with Gasteiger partial charge in [-0.15, -0.1) is 0 Å². The molecule has 0 bridgehead atoms. The lowest BCUT2D eigenvalue weighted by molar-refractivity contribution is -0.124. The van der Waals surface area contributed by atoms with Crippen molar-refractivity contribution in [3.05, 3.63) is 77.1 Å². The second-order valence-corrected chi connectivity index (χ2v) is 6.44. The highest BCUT2D eigenvalue weighted by Crippen LogP contribution is 2.24. The van der Waals surface area contributed by atoms with Gasteiger partial charge in [-0.2, -0.15) is 5.10 Å². The van der Waals surface area contributed by atoms with Gasteiger partial charge in [0, 0.05) is 0 Å². The summed E-state index contributed by atoms with van der Waals surface area (Å²) < 4.78 is 12.0. The van der Waals surface area contributed by atoms with Crippen molar-refractivity contribution in [2.45, 2.75) is 6.92 Å². The Bertz CT molecular complexity index is 974. The summed E-state index contributed by atoms with van der Waals surface area (Å²) in [5, 5.41) is 7.04. The van der Waals surface area contributed by atoms with Crippen molar-refractivity contribution < 1.29 is 19.1 Å². The molecule has 1 aromatic heterocycles. The summed E-state index contributed by atoms with van der Waals surface area (Å²) >= 11 is 6.32. The summed E-state index contributed by atoms with van der Waals surface area (Å²) in [6.45, 7) is 1.83. The Morgan fingerprint density at radius 1 is 1.07 bits per heavy atom. The third kappa shape index (κ3) is 5.36. The number of halogens is 1. The number of para-hydroxylation sites is 2. The number of esters is 1. The topological polar surface area (TPSA) is 82.5 Å². The molecule has 29 heavy (non-hydrogen) atoms. The summed E-state index contributed by atoms with van der Waals surface area (Å²) in [5.41, 5.74) is 1.27. The molecule has 0 saturated carbocycles. The Morgan fingerprint density at radius 2 is 1.72 bits per heavy atom. The number of amides is 1. The number of aryl methyl sites for hydroxylation is 1. The molecule has 150 valence electrons. The van der Waals surface area contributed by atoms with Crippen LogP contribution >= 0.6 is 11.6 Å². The molecule has 1 amide bonds. The first-order chi connectivity index (χ1) is 14.1. The van der Waals surface area contributed by atoms with E-state index in [1.165, 1.54) is 4.68 Å². The minimum atomic E-state index is -0.703. The van der Waals surface area contributed by atoms with Crippen LogP contribution in [0.1, 0.15) is 16.1 Å². The lowest BCUT2D eigenvalue weighted by Crippen LogP contribution is -2.32. The van der Waals surface area contributed by atoms with Gasteiger partial charge in [0.25, 0.3) is 5.91 Å². The van der Waals surface area contributed by atoms with Crippen molar-refractivity contribution in [2.75, 3.05) is 19.8 Å². The molecule has 1 N–H and O–H groups in total. The highest BCUT2D eigenvalue weighted by atomic mass is 35.5. The Hall–Kier alpha value is -3.32. The van der Waals surface area contributed by atoms with E-state index in [-0.39, 0.29) is 17.3 Å². The summed E-state index contributed by atoms with van der Waals surface area (Å²) in [6.07, 6.45) is 0. The van der Waals surface area contributed by atoms with Crippen molar-refractivity contribution in [1.82, 2.24) is 15.1 Å². The Kier molecular flexibility index (Phi) is 6.86. The van der Waals surface area contributed by atoms with Gasteiger partial charge < -0.3 is 14.8 Å². The van der Waals surface area contributed by atoms with Gasteiger partial charge >= 0.3 is 5.97 Å². The lowest BCUT2D eigenvalue weighted by Gasteiger charge is -2.08. The number of carbonyl (C=O) groups is 2. The number of hydrogen-bond acceptors (Lipinski definition) is 5. The molecule has 0 aliphatic rings. The molecular formula is C21H20ClN3O4. The first-order valence-corrected chi connectivity index (χ1v) is 9.36. The molecule has 8 heteroatoms. The van der Waals surface area contributed by atoms with E-state index >= 15 is 0 Å². The zero-order valence-corrected chi connectivity index (χ0v) is 16.6. The third-order valence-corrected chi connectivity index (χ3v) is 4.33. The minimum Gasteiger partial charge on any atom is -0.492 e. The predicted octanol–water partition coefficient (Wildman–Crippen LogP) is 3.19. The number of ether oxygens (including phenoxy) is 2. The maximum atomic E-state index is 12.4.